The zero-order valence-corrected chi connectivity index (χ0v) is 18.4. The first-order chi connectivity index (χ1) is 15.4. The topological polar surface area (TPSA) is 64.7 Å². The first kappa shape index (κ1) is 22.0. The van der Waals surface area contributed by atoms with Crippen LogP contribution in [0.25, 0.3) is 0 Å². The smallest absolute Gasteiger partial charge is 0.250 e. The first-order valence-corrected chi connectivity index (χ1v) is 11.0. The van der Waals surface area contributed by atoms with Crippen molar-refractivity contribution in [2.45, 2.75) is 51.2 Å². The van der Waals surface area contributed by atoms with Gasteiger partial charge in [0.1, 0.15) is 11.9 Å². The molecule has 0 aliphatic carbocycles. The van der Waals surface area contributed by atoms with E-state index in [1.165, 1.54) is 17.7 Å². The molecule has 32 heavy (non-hydrogen) atoms. The van der Waals surface area contributed by atoms with Crippen LogP contribution in [0.3, 0.4) is 0 Å². The number of benzene rings is 2. The lowest BCUT2D eigenvalue weighted by atomic mass is 9.97. The fraction of sp³-hybridized carbons (Fsp3) is 0.360. The van der Waals surface area contributed by atoms with Gasteiger partial charge in [-0.25, -0.2) is 9.82 Å². The van der Waals surface area contributed by atoms with Crippen LogP contribution in [0.2, 0.25) is 0 Å². The molecular formula is C25H29FN4O2. The largest absolute Gasteiger partial charge is 0.352 e. The van der Waals surface area contributed by atoms with E-state index in [0.717, 1.165) is 11.1 Å². The number of nitrogens with one attached hydrogen (secondary N) is 2. The quantitative estimate of drug-likeness (QED) is 0.696. The average molecular weight is 437 g/mol. The normalized spacial score (nSPS) is 20.1. The zero-order valence-electron chi connectivity index (χ0n) is 18.4. The molecule has 6 nitrogen and oxygen atoms in total. The van der Waals surface area contributed by atoms with Crippen LogP contribution < -0.4 is 10.7 Å². The third kappa shape index (κ3) is 4.99. The van der Waals surface area contributed by atoms with E-state index in [2.05, 4.69) is 48.9 Å². The fourth-order valence-electron chi connectivity index (χ4n) is 4.07. The lowest BCUT2D eigenvalue weighted by Crippen LogP contribution is -2.48. The maximum Gasteiger partial charge on any atom is 0.250 e. The van der Waals surface area contributed by atoms with E-state index in [1.54, 1.807) is 23.2 Å². The van der Waals surface area contributed by atoms with Crippen LogP contribution in [-0.4, -0.2) is 34.3 Å². The Balaban J connectivity index is 1.28. The molecule has 2 unspecified atom stereocenters. The number of hydrazine groups is 1. The summed E-state index contributed by atoms with van der Waals surface area (Å²) >= 11 is 0. The molecule has 1 fully saturated rings. The van der Waals surface area contributed by atoms with Gasteiger partial charge in [0, 0.05) is 31.9 Å². The van der Waals surface area contributed by atoms with Crippen LogP contribution >= 0.6 is 0 Å². The average Bonchev–Trinajstić information content (AvgIpc) is 3.23. The number of hydrogen-bond donors (Lipinski definition) is 2. The Hall–Kier alpha value is -3.19. The Morgan fingerprint density at radius 1 is 1.12 bits per heavy atom. The molecule has 0 radical (unpaired) electrons. The third-order valence-corrected chi connectivity index (χ3v) is 6.06. The van der Waals surface area contributed by atoms with Gasteiger partial charge in [0.05, 0.1) is 6.04 Å². The molecule has 168 valence electrons. The van der Waals surface area contributed by atoms with E-state index in [4.69, 9.17) is 0 Å². The maximum absolute atomic E-state index is 13.0. The third-order valence-electron chi connectivity index (χ3n) is 6.06. The highest BCUT2D eigenvalue weighted by Gasteiger charge is 2.39. The van der Waals surface area contributed by atoms with E-state index < -0.39 is 0 Å². The Morgan fingerprint density at radius 3 is 2.53 bits per heavy atom. The van der Waals surface area contributed by atoms with Crippen molar-refractivity contribution in [1.82, 2.24) is 20.7 Å². The summed E-state index contributed by atoms with van der Waals surface area (Å²) in [7, 11) is 0. The van der Waals surface area contributed by atoms with Crippen molar-refractivity contribution in [3.63, 3.8) is 0 Å². The second-order valence-corrected chi connectivity index (χ2v) is 8.64. The first-order valence-electron chi connectivity index (χ1n) is 11.0. The highest BCUT2D eigenvalue weighted by molar-refractivity contribution is 5.85. The van der Waals surface area contributed by atoms with E-state index in [9.17, 15) is 14.0 Å². The lowest BCUT2D eigenvalue weighted by Gasteiger charge is -2.31. The van der Waals surface area contributed by atoms with Gasteiger partial charge >= 0.3 is 0 Å². The van der Waals surface area contributed by atoms with Crippen molar-refractivity contribution in [3.05, 3.63) is 83.4 Å². The molecule has 2 atom stereocenters. The van der Waals surface area contributed by atoms with E-state index in [1.807, 2.05) is 11.2 Å². The summed E-state index contributed by atoms with van der Waals surface area (Å²) in [5, 5.41) is 4.68. The summed E-state index contributed by atoms with van der Waals surface area (Å²) in [4.78, 5) is 26.8. The van der Waals surface area contributed by atoms with Crippen LogP contribution in [0.4, 0.5) is 4.39 Å². The highest BCUT2D eigenvalue weighted by atomic mass is 19.1. The van der Waals surface area contributed by atoms with Gasteiger partial charge in [-0.3, -0.25) is 9.59 Å². The number of halogens is 1. The van der Waals surface area contributed by atoms with Gasteiger partial charge in [-0.2, -0.15) is 0 Å². The Labute approximate surface area is 188 Å². The van der Waals surface area contributed by atoms with Gasteiger partial charge in [-0.05, 0) is 41.2 Å². The standard InChI is InChI=1S/C25H29FN4O2/c1-17(2)19-5-7-20(8-6-19)22-15-23-25(32)29(13-14-30(23)28-22)12-11-24(31)27-16-18-3-9-21(26)10-4-18/h3-10,13-14,17,22-23,28H,11-12,15-16H2,1-2H3,(H,27,31). The van der Waals surface area contributed by atoms with Crippen LogP contribution in [0.1, 0.15) is 55.3 Å². The van der Waals surface area contributed by atoms with E-state index in [-0.39, 0.29) is 36.1 Å². The number of rotatable bonds is 7. The van der Waals surface area contributed by atoms with Crippen LogP contribution in [0.5, 0.6) is 0 Å². The summed E-state index contributed by atoms with van der Waals surface area (Å²) < 4.78 is 13.0. The zero-order chi connectivity index (χ0) is 22.7. The van der Waals surface area contributed by atoms with Crippen LogP contribution in [0.15, 0.2) is 60.9 Å². The summed E-state index contributed by atoms with van der Waals surface area (Å²) in [6.45, 7) is 5.00. The Morgan fingerprint density at radius 2 is 1.84 bits per heavy atom. The molecule has 0 bridgehead atoms. The molecule has 2 amide bonds. The second kappa shape index (κ2) is 9.53. The van der Waals surface area contributed by atoms with Crippen molar-refractivity contribution >= 4 is 11.8 Å². The van der Waals surface area contributed by atoms with Crippen molar-refractivity contribution in [2.24, 2.45) is 0 Å². The molecule has 2 aliphatic heterocycles. The number of nitrogens with zero attached hydrogens (tertiary/aromatic N) is 2. The molecule has 0 spiro atoms. The maximum atomic E-state index is 13.0. The summed E-state index contributed by atoms with van der Waals surface area (Å²) in [6, 6.07) is 14.4. The molecule has 2 N–H and O–H groups in total. The molecule has 7 heteroatoms. The van der Waals surface area contributed by atoms with Gasteiger partial charge in [0.15, 0.2) is 0 Å². The van der Waals surface area contributed by atoms with E-state index >= 15 is 0 Å². The predicted octanol–water partition coefficient (Wildman–Crippen LogP) is 3.59. The minimum absolute atomic E-state index is 0.00682. The van der Waals surface area contributed by atoms with Crippen molar-refractivity contribution < 1.29 is 14.0 Å². The highest BCUT2D eigenvalue weighted by Crippen LogP contribution is 2.31. The monoisotopic (exact) mass is 436 g/mol. The van der Waals surface area contributed by atoms with Crippen molar-refractivity contribution in [3.8, 4) is 0 Å². The molecular weight excluding hydrogens is 407 g/mol. The summed E-state index contributed by atoms with van der Waals surface area (Å²) in [5.41, 5.74) is 6.70. The summed E-state index contributed by atoms with van der Waals surface area (Å²) in [6.07, 6.45) is 4.48. The van der Waals surface area contributed by atoms with E-state index in [0.29, 0.717) is 25.4 Å². The molecule has 2 heterocycles. The SMILES string of the molecule is CC(C)c1ccc(C2CC3C(=O)N(CCC(=O)NCc4ccc(F)cc4)C=CN3N2)cc1. The number of fused-ring (bicyclic) bond motifs is 1. The van der Waals surface area contributed by atoms with Crippen LogP contribution in [-0.2, 0) is 16.1 Å². The van der Waals surface area contributed by atoms with Gasteiger partial charge in [0.25, 0.3) is 5.91 Å². The van der Waals surface area contributed by atoms with Gasteiger partial charge in [-0.1, -0.05) is 50.2 Å². The van der Waals surface area contributed by atoms with Crippen LogP contribution in [0, 0.1) is 5.82 Å². The van der Waals surface area contributed by atoms with Crippen molar-refractivity contribution in [1.29, 1.82) is 0 Å². The van der Waals surface area contributed by atoms with Gasteiger partial charge in [0.2, 0.25) is 5.91 Å². The molecule has 0 aromatic heterocycles. The molecule has 0 saturated carbocycles. The molecule has 2 aliphatic rings. The minimum atomic E-state index is -0.305. The Bertz CT molecular complexity index is 988. The molecule has 4 rings (SSSR count). The molecule has 2 aromatic rings. The minimum Gasteiger partial charge on any atom is -0.352 e. The summed E-state index contributed by atoms with van der Waals surface area (Å²) in [5.74, 6) is 0.0249. The predicted molar refractivity (Wildman–Crippen MR) is 120 cm³/mol. The number of hydrogen-bond acceptors (Lipinski definition) is 4. The fourth-order valence-corrected chi connectivity index (χ4v) is 4.07. The van der Waals surface area contributed by atoms with Gasteiger partial charge in [-0.15, -0.1) is 0 Å². The number of carbonyl (C=O) groups excluding carboxylic acids is 2. The molecule has 2 aromatic carbocycles. The number of amides is 2. The number of carbonyl (C=O) groups is 2. The molecule has 1 saturated heterocycles. The van der Waals surface area contributed by atoms with Gasteiger partial charge < -0.3 is 15.2 Å². The second-order valence-electron chi connectivity index (χ2n) is 8.64. The Kier molecular flexibility index (Phi) is 6.55. The lowest BCUT2D eigenvalue weighted by molar-refractivity contribution is -0.134. The van der Waals surface area contributed by atoms with Crippen molar-refractivity contribution in [2.75, 3.05) is 6.54 Å².